The summed E-state index contributed by atoms with van der Waals surface area (Å²) < 4.78 is 77.0. The normalized spacial score (nSPS) is 12.1. The third-order valence-electron chi connectivity index (χ3n) is 4.10. The van der Waals surface area contributed by atoms with Gasteiger partial charge in [0.15, 0.2) is 0 Å². The lowest BCUT2D eigenvalue weighted by Gasteiger charge is -2.12. The van der Waals surface area contributed by atoms with Crippen molar-refractivity contribution in [2.45, 2.75) is 12.4 Å². The molecule has 0 unspecified atom stereocenters. The lowest BCUT2D eigenvalue weighted by molar-refractivity contribution is -0.138. The topological polar surface area (TPSA) is 66.4 Å². The average Bonchev–Trinajstić information content (AvgIpc) is 2.73. The maximum absolute atomic E-state index is 12.9. The lowest BCUT2D eigenvalue weighted by Crippen LogP contribution is -2.19. The molecule has 0 radical (unpaired) electrons. The number of rotatable bonds is 5. The van der Waals surface area contributed by atoms with Gasteiger partial charge >= 0.3 is 12.4 Å². The maximum atomic E-state index is 12.9. The molecule has 0 saturated carbocycles. The highest BCUT2D eigenvalue weighted by Crippen LogP contribution is 2.32. The van der Waals surface area contributed by atoms with Crippen LogP contribution in [0.5, 0.6) is 0 Å². The van der Waals surface area contributed by atoms with Crippen LogP contribution in [0.15, 0.2) is 72.0 Å². The fraction of sp³-hybridized carbons (Fsp3) is 0.0952. The molecular weight excluding hydrogens is 438 g/mol. The van der Waals surface area contributed by atoms with Crippen LogP contribution in [-0.2, 0) is 12.4 Å². The summed E-state index contributed by atoms with van der Waals surface area (Å²) in [7, 11) is 0. The first-order valence-corrected chi connectivity index (χ1v) is 8.94. The van der Waals surface area contributed by atoms with Crippen molar-refractivity contribution < 1.29 is 31.1 Å². The summed E-state index contributed by atoms with van der Waals surface area (Å²) in [5, 5.41) is 6.29. The predicted molar refractivity (Wildman–Crippen MR) is 105 cm³/mol. The summed E-state index contributed by atoms with van der Waals surface area (Å²) in [5.41, 5.74) is 0.534. The number of pyridine rings is 1. The number of anilines is 2. The van der Waals surface area contributed by atoms with Crippen LogP contribution in [0.1, 0.15) is 27.0 Å². The molecule has 0 aliphatic rings. The number of nitrogens with one attached hydrogen (secondary N) is 2. The van der Waals surface area contributed by atoms with Crippen molar-refractivity contribution in [3.05, 3.63) is 89.1 Å². The zero-order valence-electron chi connectivity index (χ0n) is 16.0. The number of benzene rings is 2. The van der Waals surface area contributed by atoms with E-state index in [0.29, 0.717) is 0 Å². The molecule has 0 atom stereocenters. The monoisotopic (exact) mass is 452 g/mol. The second-order valence-electron chi connectivity index (χ2n) is 6.43. The van der Waals surface area contributed by atoms with Crippen molar-refractivity contribution in [3.63, 3.8) is 0 Å². The number of nitrogens with zero attached hydrogens (tertiary/aromatic N) is 2. The smallest absolute Gasteiger partial charge is 0.340 e. The van der Waals surface area contributed by atoms with Gasteiger partial charge in [-0.2, -0.15) is 31.4 Å². The zero-order valence-corrected chi connectivity index (χ0v) is 16.0. The van der Waals surface area contributed by atoms with Crippen molar-refractivity contribution in [2.24, 2.45) is 5.10 Å². The van der Waals surface area contributed by atoms with Crippen LogP contribution in [0.4, 0.5) is 37.8 Å². The molecule has 1 amide bonds. The number of hydrogen-bond donors (Lipinski definition) is 2. The fourth-order valence-electron chi connectivity index (χ4n) is 2.62. The van der Waals surface area contributed by atoms with Crippen molar-refractivity contribution >= 4 is 23.6 Å². The molecule has 11 heteroatoms. The maximum Gasteiger partial charge on any atom is 0.416 e. The van der Waals surface area contributed by atoms with Crippen LogP contribution in [0, 0.1) is 0 Å². The Hall–Kier alpha value is -3.89. The molecule has 166 valence electrons. The van der Waals surface area contributed by atoms with Crippen molar-refractivity contribution in [3.8, 4) is 0 Å². The number of halogens is 6. The molecule has 3 aromatic rings. The third kappa shape index (κ3) is 5.84. The quantitative estimate of drug-likeness (QED) is 0.300. The molecule has 0 aliphatic carbocycles. The van der Waals surface area contributed by atoms with E-state index in [1.165, 1.54) is 42.6 Å². The van der Waals surface area contributed by atoms with Gasteiger partial charge in [-0.3, -0.25) is 4.79 Å². The van der Waals surface area contributed by atoms with Crippen LogP contribution in [0.2, 0.25) is 0 Å². The Morgan fingerprint density at radius 3 is 2.22 bits per heavy atom. The van der Waals surface area contributed by atoms with Crippen LogP contribution in [-0.4, -0.2) is 17.1 Å². The lowest BCUT2D eigenvalue weighted by atomic mass is 10.1. The van der Waals surface area contributed by atoms with Gasteiger partial charge in [0.05, 0.1) is 22.9 Å². The van der Waals surface area contributed by atoms with E-state index in [-0.39, 0.29) is 22.6 Å². The molecular formula is C21H14F6N4O. The van der Waals surface area contributed by atoms with E-state index in [1.807, 2.05) is 0 Å². The Morgan fingerprint density at radius 1 is 0.875 bits per heavy atom. The minimum Gasteiger partial charge on any atom is -0.340 e. The fourth-order valence-corrected chi connectivity index (χ4v) is 2.62. The minimum absolute atomic E-state index is 0.0291. The van der Waals surface area contributed by atoms with Crippen LogP contribution >= 0.6 is 0 Å². The van der Waals surface area contributed by atoms with E-state index in [0.717, 1.165) is 30.5 Å². The van der Waals surface area contributed by atoms with Gasteiger partial charge in [0.2, 0.25) is 0 Å². The molecule has 0 spiro atoms. The third-order valence-corrected chi connectivity index (χ3v) is 4.10. The first kappa shape index (κ1) is 22.8. The molecule has 0 fully saturated rings. The van der Waals surface area contributed by atoms with Crippen LogP contribution < -0.4 is 10.7 Å². The summed E-state index contributed by atoms with van der Waals surface area (Å²) in [4.78, 5) is 16.4. The second-order valence-corrected chi connectivity index (χ2v) is 6.43. The largest absolute Gasteiger partial charge is 0.416 e. The van der Waals surface area contributed by atoms with E-state index < -0.39 is 29.4 Å². The van der Waals surface area contributed by atoms with Crippen LogP contribution in [0.3, 0.4) is 0 Å². The zero-order chi connectivity index (χ0) is 23.4. The van der Waals surface area contributed by atoms with Gasteiger partial charge in [-0.1, -0.05) is 18.2 Å². The Balaban J connectivity index is 1.75. The van der Waals surface area contributed by atoms with E-state index in [9.17, 15) is 31.1 Å². The van der Waals surface area contributed by atoms with Gasteiger partial charge in [0.25, 0.3) is 5.91 Å². The molecule has 0 bridgehead atoms. The molecule has 1 heterocycles. The molecule has 2 aromatic carbocycles. The first-order chi connectivity index (χ1) is 15.0. The van der Waals surface area contributed by atoms with Crippen molar-refractivity contribution in [1.29, 1.82) is 0 Å². The molecule has 3 rings (SSSR count). The molecule has 5 nitrogen and oxygen atoms in total. The van der Waals surface area contributed by atoms with Gasteiger partial charge in [0, 0.05) is 11.9 Å². The highest BCUT2D eigenvalue weighted by molar-refractivity contribution is 5.99. The van der Waals surface area contributed by atoms with Gasteiger partial charge in [-0.25, -0.2) is 10.4 Å². The highest BCUT2D eigenvalue weighted by Gasteiger charge is 2.31. The summed E-state index contributed by atoms with van der Waals surface area (Å²) in [6.45, 7) is 0. The summed E-state index contributed by atoms with van der Waals surface area (Å²) in [6.07, 6.45) is -6.70. The van der Waals surface area contributed by atoms with Gasteiger partial charge in [0.1, 0.15) is 5.82 Å². The number of alkyl halides is 6. The number of carbonyl (C=O) groups excluding carboxylic acids is 1. The summed E-state index contributed by atoms with van der Waals surface area (Å²) in [5.74, 6) is -0.797. The van der Waals surface area contributed by atoms with Crippen molar-refractivity contribution in [2.75, 3.05) is 5.32 Å². The number of carbonyl (C=O) groups is 1. The van der Waals surface area contributed by atoms with E-state index in [1.54, 1.807) is 0 Å². The molecule has 32 heavy (non-hydrogen) atoms. The van der Waals surface area contributed by atoms with Crippen LogP contribution in [0.25, 0.3) is 0 Å². The van der Waals surface area contributed by atoms with E-state index in [4.69, 9.17) is 0 Å². The molecule has 2 N–H and O–H groups in total. The molecule has 0 saturated heterocycles. The average molecular weight is 452 g/mol. The SMILES string of the molecule is O=C(N/N=C/c1cccc(C(F)(F)F)c1)c1cccnc1Nc1cccc(C(F)(F)F)c1. The summed E-state index contributed by atoms with van der Waals surface area (Å²) in [6, 6.07) is 11.5. The van der Waals surface area contributed by atoms with E-state index >= 15 is 0 Å². The van der Waals surface area contributed by atoms with Gasteiger partial charge in [-0.05, 0) is 48.0 Å². The second kappa shape index (κ2) is 9.08. The van der Waals surface area contributed by atoms with E-state index in [2.05, 4.69) is 20.8 Å². The standard InChI is InChI=1S/C21H14F6N4O/c22-20(23,24)14-5-1-4-13(10-14)12-29-31-19(32)17-8-3-9-28-18(17)30-16-7-2-6-15(11-16)21(25,26)27/h1-12H,(H,28,30)(H,31,32)/b29-12+. The molecule has 1 aromatic heterocycles. The summed E-state index contributed by atoms with van der Waals surface area (Å²) >= 11 is 0. The molecule has 0 aliphatic heterocycles. The van der Waals surface area contributed by atoms with Gasteiger partial charge < -0.3 is 5.32 Å². The Kier molecular flexibility index (Phi) is 6.47. The Labute approximate surface area is 177 Å². The first-order valence-electron chi connectivity index (χ1n) is 8.94. The van der Waals surface area contributed by atoms with Gasteiger partial charge in [-0.15, -0.1) is 0 Å². The Bertz CT molecular complexity index is 1140. The highest BCUT2D eigenvalue weighted by atomic mass is 19.4. The minimum atomic E-state index is -4.54. The predicted octanol–water partition coefficient (Wildman–Crippen LogP) is 5.63. The van der Waals surface area contributed by atoms with Crippen molar-refractivity contribution in [1.82, 2.24) is 10.4 Å². The number of hydrazone groups is 1. The number of aromatic nitrogens is 1. The Morgan fingerprint density at radius 2 is 1.53 bits per heavy atom. The number of amides is 1. The number of hydrogen-bond acceptors (Lipinski definition) is 4.